The third-order valence-electron chi connectivity index (χ3n) is 3.69. The van der Waals surface area contributed by atoms with E-state index in [0.29, 0.717) is 48.7 Å². The number of benzene rings is 1. The predicted molar refractivity (Wildman–Crippen MR) is 89.3 cm³/mol. The summed E-state index contributed by atoms with van der Waals surface area (Å²) in [5.41, 5.74) is 1.31. The second-order valence-electron chi connectivity index (χ2n) is 5.39. The average molecular weight is 310 g/mol. The van der Waals surface area contributed by atoms with Crippen molar-refractivity contribution in [1.29, 1.82) is 0 Å². The lowest BCUT2D eigenvalue weighted by Crippen LogP contribution is -2.06. The zero-order valence-electron chi connectivity index (χ0n) is 14.4. The van der Waals surface area contributed by atoms with Crippen LogP contribution in [-0.4, -0.2) is 23.4 Å². The monoisotopic (exact) mass is 310 g/mol. The Labute approximate surface area is 134 Å². The van der Waals surface area contributed by atoms with Crippen LogP contribution in [-0.2, 0) is 12.8 Å². The van der Waals surface area contributed by atoms with E-state index < -0.39 is 0 Å². The van der Waals surface area contributed by atoms with Crippen molar-refractivity contribution in [3.05, 3.63) is 11.1 Å². The molecule has 1 aromatic rings. The van der Waals surface area contributed by atoms with E-state index in [9.17, 15) is 10.2 Å². The van der Waals surface area contributed by atoms with Gasteiger partial charge in [0.05, 0.1) is 13.2 Å². The molecule has 1 aromatic carbocycles. The normalized spacial score (nSPS) is 10.7. The predicted octanol–water partition coefficient (Wildman–Crippen LogP) is 4.58. The first-order chi connectivity index (χ1) is 10.6. The lowest BCUT2D eigenvalue weighted by molar-refractivity contribution is 0.275. The van der Waals surface area contributed by atoms with Gasteiger partial charge in [-0.25, -0.2) is 0 Å². The molecule has 0 unspecified atom stereocenters. The minimum atomic E-state index is -0.0496. The smallest absolute Gasteiger partial charge is 0.168 e. The van der Waals surface area contributed by atoms with Gasteiger partial charge < -0.3 is 19.7 Å². The minimum absolute atomic E-state index is 0.0496. The molecule has 4 heteroatoms. The zero-order chi connectivity index (χ0) is 16.5. The molecular formula is C18H30O4. The lowest BCUT2D eigenvalue weighted by atomic mass is 9.98. The topological polar surface area (TPSA) is 58.9 Å². The molecule has 0 aliphatic rings. The maximum atomic E-state index is 10.4. The van der Waals surface area contributed by atoms with Gasteiger partial charge in [-0.05, 0) is 39.5 Å². The second-order valence-corrected chi connectivity index (χ2v) is 5.39. The highest BCUT2D eigenvalue weighted by Gasteiger charge is 2.25. The average Bonchev–Trinajstić information content (AvgIpc) is 2.51. The summed E-state index contributed by atoms with van der Waals surface area (Å²) in [5, 5.41) is 20.8. The van der Waals surface area contributed by atoms with Crippen molar-refractivity contribution in [2.75, 3.05) is 13.2 Å². The van der Waals surface area contributed by atoms with Gasteiger partial charge in [-0.3, -0.25) is 0 Å². The Morgan fingerprint density at radius 3 is 1.32 bits per heavy atom. The maximum absolute atomic E-state index is 10.4. The number of hydrogen-bond acceptors (Lipinski definition) is 4. The summed E-state index contributed by atoms with van der Waals surface area (Å²) in [5.74, 6) is 1.09. The highest BCUT2D eigenvalue weighted by molar-refractivity contribution is 5.65. The van der Waals surface area contributed by atoms with Crippen LogP contribution >= 0.6 is 0 Å². The van der Waals surface area contributed by atoms with Crippen LogP contribution in [0.25, 0.3) is 0 Å². The van der Waals surface area contributed by atoms with Crippen LogP contribution in [0.15, 0.2) is 0 Å². The molecule has 0 bridgehead atoms. The van der Waals surface area contributed by atoms with Crippen molar-refractivity contribution in [1.82, 2.24) is 0 Å². The van der Waals surface area contributed by atoms with Crippen LogP contribution in [0.1, 0.15) is 64.5 Å². The van der Waals surface area contributed by atoms with Gasteiger partial charge in [0, 0.05) is 11.1 Å². The first-order valence-electron chi connectivity index (χ1n) is 8.47. The van der Waals surface area contributed by atoms with Gasteiger partial charge in [0.25, 0.3) is 0 Å². The molecule has 2 N–H and O–H groups in total. The van der Waals surface area contributed by atoms with Gasteiger partial charge in [0.1, 0.15) is 0 Å². The Balaban J connectivity index is 3.44. The highest BCUT2D eigenvalue weighted by Crippen LogP contribution is 2.48. The van der Waals surface area contributed by atoms with E-state index in [-0.39, 0.29) is 11.5 Å². The summed E-state index contributed by atoms with van der Waals surface area (Å²) in [7, 11) is 0. The van der Waals surface area contributed by atoms with Gasteiger partial charge in [-0.15, -0.1) is 0 Å². The highest BCUT2D eigenvalue weighted by atomic mass is 16.5. The van der Waals surface area contributed by atoms with Gasteiger partial charge >= 0.3 is 0 Å². The number of hydrogen-bond donors (Lipinski definition) is 2. The largest absolute Gasteiger partial charge is 0.504 e. The van der Waals surface area contributed by atoms with Gasteiger partial charge in [-0.2, -0.15) is 0 Å². The molecule has 0 atom stereocenters. The first kappa shape index (κ1) is 18.5. The third kappa shape index (κ3) is 4.21. The fourth-order valence-electron chi connectivity index (χ4n) is 2.54. The molecule has 0 saturated carbocycles. The van der Waals surface area contributed by atoms with Gasteiger partial charge in [-0.1, -0.05) is 26.7 Å². The Morgan fingerprint density at radius 1 is 0.682 bits per heavy atom. The summed E-state index contributed by atoms with van der Waals surface area (Å²) in [6.07, 6.45) is 5.19. The summed E-state index contributed by atoms with van der Waals surface area (Å²) < 4.78 is 11.6. The van der Waals surface area contributed by atoms with E-state index in [1.165, 1.54) is 0 Å². The summed E-state index contributed by atoms with van der Waals surface area (Å²) >= 11 is 0. The van der Waals surface area contributed by atoms with E-state index in [4.69, 9.17) is 9.47 Å². The maximum Gasteiger partial charge on any atom is 0.168 e. The quantitative estimate of drug-likeness (QED) is 0.621. The molecule has 0 aliphatic heterocycles. The molecule has 0 radical (unpaired) electrons. The van der Waals surface area contributed by atoms with E-state index in [1.807, 2.05) is 13.8 Å². The van der Waals surface area contributed by atoms with Crippen molar-refractivity contribution >= 4 is 0 Å². The van der Waals surface area contributed by atoms with Gasteiger partial charge in [0.2, 0.25) is 0 Å². The molecule has 4 nitrogen and oxygen atoms in total. The van der Waals surface area contributed by atoms with Crippen LogP contribution < -0.4 is 9.47 Å². The van der Waals surface area contributed by atoms with Gasteiger partial charge in [0.15, 0.2) is 23.0 Å². The molecule has 0 aromatic heterocycles. The van der Waals surface area contributed by atoms with Crippen LogP contribution in [0.5, 0.6) is 23.0 Å². The molecule has 0 spiro atoms. The fourth-order valence-corrected chi connectivity index (χ4v) is 2.54. The van der Waals surface area contributed by atoms with E-state index in [0.717, 1.165) is 25.7 Å². The van der Waals surface area contributed by atoms with Crippen molar-refractivity contribution in [3.63, 3.8) is 0 Å². The second kappa shape index (κ2) is 9.44. The molecule has 126 valence electrons. The summed E-state index contributed by atoms with van der Waals surface area (Å²) in [4.78, 5) is 0. The molecule has 0 amide bonds. The number of aromatic hydroxyl groups is 2. The van der Waals surface area contributed by atoms with E-state index in [1.54, 1.807) is 0 Å². The Morgan fingerprint density at radius 2 is 1.05 bits per heavy atom. The molecule has 0 heterocycles. The van der Waals surface area contributed by atoms with Crippen LogP contribution in [0, 0.1) is 0 Å². The first-order valence-corrected chi connectivity index (χ1v) is 8.47. The zero-order valence-corrected chi connectivity index (χ0v) is 14.4. The third-order valence-corrected chi connectivity index (χ3v) is 3.69. The molecule has 1 rings (SSSR count). The fraction of sp³-hybridized carbons (Fsp3) is 0.667. The van der Waals surface area contributed by atoms with Crippen LogP contribution in [0.3, 0.4) is 0 Å². The lowest BCUT2D eigenvalue weighted by Gasteiger charge is -2.21. The molecule has 0 saturated heterocycles. The molecule has 0 aliphatic carbocycles. The number of ether oxygens (including phenoxy) is 2. The van der Waals surface area contributed by atoms with E-state index in [2.05, 4.69) is 13.8 Å². The minimum Gasteiger partial charge on any atom is -0.504 e. The van der Waals surface area contributed by atoms with E-state index >= 15 is 0 Å². The van der Waals surface area contributed by atoms with Crippen LogP contribution in [0.4, 0.5) is 0 Å². The summed E-state index contributed by atoms with van der Waals surface area (Å²) in [6.45, 7) is 9.00. The SMILES string of the molecule is CCCCc1c(O)c(O)c(CCCC)c(OCC)c1OCC. The molecule has 22 heavy (non-hydrogen) atoms. The van der Waals surface area contributed by atoms with Crippen molar-refractivity contribution in [3.8, 4) is 23.0 Å². The number of phenols is 2. The van der Waals surface area contributed by atoms with Crippen LogP contribution in [0.2, 0.25) is 0 Å². The Bertz CT molecular complexity index is 426. The number of rotatable bonds is 10. The Kier molecular flexibility index (Phi) is 7.92. The molecule has 0 fully saturated rings. The summed E-state index contributed by atoms with van der Waals surface area (Å²) in [6, 6.07) is 0. The number of unbranched alkanes of at least 4 members (excludes halogenated alkanes) is 2. The van der Waals surface area contributed by atoms with Crippen molar-refractivity contribution in [2.24, 2.45) is 0 Å². The Hall–Kier alpha value is -1.58. The standard InChI is InChI=1S/C18H30O4/c1-5-9-11-13-15(19)16(20)14(12-10-6-2)18(22-8-4)17(13)21-7-3/h19-20H,5-12H2,1-4H3. The number of phenolic OH excluding ortho intramolecular Hbond substituents is 2. The van der Waals surface area contributed by atoms with Crippen molar-refractivity contribution in [2.45, 2.75) is 66.2 Å². The molecular weight excluding hydrogens is 280 g/mol. The van der Waals surface area contributed by atoms with Crippen molar-refractivity contribution < 1.29 is 19.7 Å².